The van der Waals surface area contributed by atoms with Gasteiger partial charge >= 0.3 is 0 Å². The molecule has 2 N–H and O–H groups in total. The molecule has 2 aliphatic heterocycles. The van der Waals surface area contributed by atoms with E-state index in [9.17, 15) is 4.39 Å². The van der Waals surface area contributed by atoms with Crippen molar-refractivity contribution >= 4 is 22.9 Å². The van der Waals surface area contributed by atoms with Crippen molar-refractivity contribution in [3.8, 4) is 6.07 Å². The zero-order valence-electron chi connectivity index (χ0n) is 15.9. The molecule has 6 nitrogen and oxygen atoms in total. The van der Waals surface area contributed by atoms with Gasteiger partial charge in [0.25, 0.3) is 0 Å². The summed E-state index contributed by atoms with van der Waals surface area (Å²) >= 11 is 0. The van der Waals surface area contributed by atoms with Gasteiger partial charge in [-0.05, 0) is 43.2 Å². The molecular weight excluding hydrogens is 355 g/mol. The van der Waals surface area contributed by atoms with Gasteiger partial charge in [0.1, 0.15) is 11.6 Å². The van der Waals surface area contributed by atoms with Gasteiger partial charge < -0.3 is 20.4 Å². The van der Waals surface area contributed by atoms with Gasteiger partial charge in [0.05, 0.1) is 23.6 Å². The molecule has 0 saturated carbocycles. The van der Waals surface area contributed by atoms with Crippen molar-refractivity contribution in [1.29, 1.82) is 5.26 Å². The summed E-state index contributed by atoms with van der Waals surface area (Å²) in [5, 5.41) is 9.03. The van der Waals surface area contributed by atoms with E-state index in [1.165, 1.54) is 6.07 Å². The maximum Gasteiger partial charge on any atom is 0.148 e. The Kier molecular flexibility index (Phi) is 5.20. The fraction of sp³-hybridized carbons (Fsp3) is 0.429. The van der Waals surface area contributed by atoms with Gasteiger partial charge in [-0.3, -0.25) is 0 Å². The number of piperidine rings is 1. The first-order valence-corrected chi connectivity index (χ1v) is 9.79. The third-order valence-corrected chi connectivity index (χ3v) is 5.69. The Bertz CT molecular complexity index is 846. The summed E-state index contributed by atoms with van der Waals surface area (Å²) in [6.07, 6.45) is 3.73. The van der Waals surface area contributed by atoms with E-state index in [1.807, 2.05) is 6.20 Å². The molecule has 0 atom stereocenters. The number of pyridine rings is 1. The monoisotopic (exact) mass is 380 g/mol. The van der Waals surface area contributed by atoms with Gasteiger partial charge in [0, 0.05) is 50.9 Å². The van der Waals surface area contributed by atoms with Crippen molar-refractivity contribution in [1.82, 2.24) is 4.98 Å². The lowest BCUT2D eigenvalue weighted by Gasteiger charge is -2.37. The minimum Gasteiger partial charge on any atom is -0.399 e. The highest BCUT2D eigenvalue weighted by Gasteiger charge is 2.22. The van der Waals surface area contributed by atoms with Gasteiger partial charge in [-0.1, -0.05) is 0 Å². The maximum atomic E-state index is 14.2. The molecule has 4 rings (SSSR count). The Hall–Kier alpha value is -3.01. The summed E-state index contributed by atoms with van der Waals surface area (Å²) in [6, 6.07) is 11.4. The van der Waals surface area contributed by atoms with E-state index in [-0.39, 0.29) is 11.7 Å². The molecule has 0 bridgehead atoms. The number of aromatic nitrogens is 1. The van der Waals surface area contributed by atoms with Crippen LogP contribution in [0.4, 0.5) is 27.3 Å². The number of nitrogen functional groups attached to an aromatic ring is 1. The van der Waals surface area contributed by atoms with Gasteiger partial charge in [-0.15, -0.1) is 0 Å². The minimum absolute atomic E-state index is 0.178. The normalized spacial score (nSPS) is 18.2. The zero-order chi connectivity index (χ0) is 19.5. The van der Waals surface area contributed by atoms with Crippen LogP contribution in [0.15, 0.2) is 36.5 Å². The van der Waals surface area contributed by atoms with Crippen molar-refractivity contribution in [2.75, 3.05) is 59.7 Å². The molecule has 1 aromatic heterocycles. The highest BCUT2D eigenvalue weighted by atomic mass is 19.1. The summed E-state index contributed by atoms with van der Waals surface area (Å²) in [5.41, 5.74) is 7.80. The van der Waals surface area contributed by atoms with Crippen LogP contribution in [0.5, 0.6) is 0 Å². The van der Waals surface area contributed by atoms with Crippen LogP contribution >= 0.6 is 0 Å². The smallest absolute Gasteiger partial charge is 0.148 e. The summed E-state index contributed by atoms with van der Waals surface area (Å²) in [4.78, 5) is 11.2. The molecular formula is C21H25FN6. The van der Waals surface area contributed by atoms with E-state index in [0.29, 0.717) is 11.4 Å². The van der Waals surface area contributed by atoms with Crippen LogP contribution in [0.2, 0.25) is 0 Å². The summed E-state index contributed by atoms with van der Waals surface area (Å²) in [7, 11) is 0. The van der Waals surface area contributed by atoms with Crippen molar-refractivity contribution in [3.05, 3.63) is 42.3 Å². The second-order valence-electron chi connectivity index (χ2n) is 7.45. The second-order valence-corrected chi connectivity index (χ2v) is 7.45. The average Bonchev–Trinajstić information content (AvgIpc) is 2.74. The van der Waals surface area contributed by atoms with E-state index in [0.717, 1.165) is 63.6 Å². The first-order valence-electron chi connectivity index (χ1n) is 9.79. The van der Waals surface area contributed by atoms with Crippen LogP contribution in [-0.4, -0.2) is 44.3 Å². The summed E-state index contributed by atoms with van der Waals surface area (Å²) in [6.45, 7) is 4.91. The lowest BCUT2D eigenvalue weighted by molar-refractivity contribution is 0.485. The van der Waals surface area contributed by atoms with Crippen LogP contribution < -0.4 is 20.4 Å². The van der Waals surface area contributed by atoms with Crippen LogP contribution in [0, 0.1) is 23.1 Å². The Labute approximate surface area is 165 Å². The van der Waals surface area contributed by atoms with Gasteiger partial charge in [0.2, 0.25) is 0 Å². The Balaban J connectivity index is 1.35. The fourth-order valence-corrected chi connectivity index (χ4v) is 3.98. The molecule has 2 saturated heterocycles. The average molecular weight is 380 g/mol. The first kappa shape index (κ1) is 18.4. The van der Waals surface area contributed by atoms with Crippen molar-refractivity contribution in [2.24, 2.45) is 5.92 Å². The maximum absolute atomic E-state index is 14.2. The molecule has 3 heterocycles. The number of hydrogen-bond acceptors (Lipinski definition) is 6. The highest BCUT2D eigenvalue weighted by Crippen LogP contribution is 2.26. The Morgan fingerprint density at radius 2 is 1.68 bits per heavy atom. The third-order valence-electron chi connectivity index (χ3n) is 5.69. The third kappa shape index (κ3) is 3.81. The largest absolute Gasteiger partial charge is 0.399 e. The quantitative estimate of drug-likeness (QED) is 0.826. The zero-order valence-corrected chi connectivity index (χ0v) is 15.9. The van der Waals surface area contributed by atoms with Crippen LogP contribution in [0.1, 0.15) is 12.8 Å². The number of piperazine rings is 1. The van der Waals surface area contributed by atoms with E-state index >= 15 is 0 Å². The SMILES string of the molecule is N#CC1CCN(c2ccc(N3CCN(c4ccc(N)cc4F)CC3)cn2)CC1. The topological polar surface area (TPSA) is 72.4 Å². The number of benzene rings is 1. The number of nitrogens with two attached hydrogens (primary N) is 1. The van der Waals surface area contributed by atoms with Gasteiger partial charge in [-0.2, -0.15) is 5.26 Å². The first-order chi connectivity index (χ1) is 13.6. The number of halogens is 1. The molecule has 0 radical (unpaired) electrons. The van der Waals surface area contributed by atoms with Crippen molar-refractivity contribution < 1.29 is 4.39 Å². The van der Waals surface area contributed by atoms with E-state index in [4.69, 9.17) is 11.0 Å². The molecule has 0 amide bonds. The lowest BCUT2D eigenvalue weighted by atomic mass is 9.99. The van der Waals surface area contributed by atoms with Gasteiger partial charge in [0.15, 0.2) is 0 Å². The molecule has 0 aliphatic carbocycles. The molecule has 2 aromatic rings. The number of rotatable bonds is 3. The van der Waals surface area contributed by atoms with Gasteiger partial charge in [-0.25, -0.2) is 9.37 Å². The molecule has 1 aromatic carbocycles. The van der Waals surface area contributed by atoms with E-state index in [1.54, 1.807) is 12.1 Å². The molecule has 2 fully saturated rings. The number of anilines is 4. The lowest BCUT2D eigenvalue weighted by Crippen LogP contribution is -2.46. The second kappa shape index (κ2) is 7.93. The van der Waals surface area contributed by atoms with Crippen LogP contribution in [0.3, 0.4) is 0 Å². The summed E-state index contributed by atoms with van der Waals surface area (Å²) < 4.78 is 14.2. The molecule has 7 heteroatoms. The summed E-state index contributed by atoms with van der Waals surface area (Å²) in [5.74, 6) is 0.889. The standard InChI is InChI=1S/C21H25FN6/c22-19-13-17(24)1-3-20(19)27-11-9-26(10-12-27)18-2-4-21(25-15-18)28-7-5-16(14-23)6-8-28/h1-4,13,15-16H,5-12,24H2. The predicted molar refractivity (Wildman–Crippen MR) is 110 cm³/mol. The molecule has 146 valence electrons. The van der Waals surface area contributed by atoms with Crippen LogP contribution in [0.25, 0.3) is 0 Å². The molecule has 2 aliphatic rings. The molecule has 28 heavy (non-hydrogen) atoms. The molecule has 0 spiro atoms. The highest BCUT2D eigenvalue weighted by molar-refractivity contribution is 5.57. The Morgan fingerprint density at radius 3 is 2.29 bits per heavy atom. The number of nitriles is 1. The van der Waals surface area contributed by atoms with Crippen molar-refractivity contribution in [2.45, 2.75) is 12.8 Å². The van der Waals surface area contributed by atoms with Crippen LogP contribution in [-0.2, 0) is 0 Å². The molecule has 0 unspecified atom stereocenters. The van der Waals surface area contributed by atoms with E-state index in [2.05, 4.69) is 37.9 Å². The van der Waals surface area contributed by atoms with E-state index < -0.39 is 0 Å². The number of hydrogen-bond donors (Lipinski definition) is 1. The fourth-order valence-electron chi connectivity index (χ4n) is 3.98. The minimum atomic E-state index is -0.264. The Morgan fingerprint density at radius 1 is 0.964 bits per heavy atom. The predicted octanol–water partition coefficient (Wildman–Crippen LogP) is 2.87. The number of nitrogens with zero attached hydrogens (tertiary/aromatic N) is 5. The van der Waals surface area contributed by atoms with Crippen molar-refractivity contribution in [3.63, 3.8) is 0 Å².